The SMILES string of the molecule is CN(C)CCCn1c2c(c(SCC(=O)NC3CCCCC3)nc1=O)CCCC2. The highest BCUT2D eigenvalue weighted by Crippen LogP contribution is 2.28. The first-order chi connectivity index (χ1) is 13.5. The van der Waals surface area contributed by atoms with Gasteiger partial charge < -0.3 is 10.2 Å². The van der Waals surface area contributed by atoms with Gasteiger partial charge in [0.1, 0.15) is 5.03 Å². The summed E-state index contributed by atoms with van der Waals surface area (Å²) in [6.07, 6.45) is 11.0. The van der Waals surface area contributed by atoms with Crippen molar-refractivity contribution in [1.29, 1.82) is 0 Å². The molecule has 2 aliphatic carbocycles. The normalized spacial score (nSPS) is 17.5. The quantitative estimate of drug-likeness (QED) is 0.531. The van der Waals surface area contributed by atoms with E-state index in [2.05, 4.69) is 29.3 Å². The number of hydrogen-bond donors (Lipinski definition) is 1. The van der Waals surface area contributed by atoms with Crippen molar-refractivity contribution in [1.82, 2.24) is 19.8 Å². The molecule has 1 N–H and O–H groups in total. The molecule has 1 aromatic heterocycles. The number of nitrogens with zero attached hydrogens (tertiary/aromatic N) is 3. The van der Waals surface area contributed by atoms with E-state index >= 15 is 0 Å². The van der Waals surface area contributed by atoms with E-state index < -0.39 is 0 Å². The van der Waals surface area contributed by atoms with Gasteiger partial charge in [-0.1, -0.05) is 31.0 Å². The highest BCUT2D eigenvalue weighted by Gasteiger charge is 2.22. The number of aromatic nitrogens is 2. The van der Waals surface area contributed by atoms with Crippen LogP contribution in [-0.4, -0.2) is 52.8 Å². The van der Waals surface area contributed by atoms with Gasteiger partial charge in [-0.3, -0.25) is 9.36 Å². The van der Waals surface area contributed by atoms with E-state index in [1.54, 1.807) is 0 Å². The molecule has 1 fully saturated rings. The predicted octanol–water partition coefficient (Wildman–Crippen LogP) is 2.61. The molecular formula is C21H34N4O2S. The molecule has 0 bridgehead atoms. The third-order valence-corrected chi connectivity index (χ3v) is 6.77. The molecule has 3 rings (SSSR count). The van der Waals surface area contributed by atoms with Crippen molar-refractivity contribution in [2.24, 2.45) is 0 Å². The first-order valence-corrected chi connectivity index (χ1v) is 11.7. The van der Waals surface area contributed by atoms with Gasteiger partial charge in [-0.15, -0.1) is 0 Å². The number of fused-ring (bicyclic) bond motifs is 1. The lowest BCUT2D eigenvalue weighted by atomic mass is 9.95. The number of thioether (sulfide) groups is 1. The average Bonchev–Trinajstić information content (AvgIpc) is 2.68. The van der Waals surface area contributed by atoms with E-state index in [-0.39, 0.29) is 11.6 Å². The lowest BCUT2D eigenvalue weighted by Gasteiger charge is -2.24. The Kier molecular flexibility index (Phi) is 7.97. The van der Waals surface area contributed by atoms with E-state index in [9.17, 15) is 9.59 Å². The number of carbonyl (C=O) groups is 1. The lowest BCUT2D eigenvalue weighted by Crippen LogP contribution is -2.37. The van der Waals surface area contributed by atoms with Gasteiger partial charge in [0, 0.05) is 23.8 Å². The van der Waals surface area contributed by atoms with Crippen LogP contribution >= 0.6 is 11.8 Å². The van der Waals surface area contributed by atoms with E-state index in [1.807, 2.05) is 4.57 Å². The topological polar surface area (TPSA) is 67.2 Å². The van der Waals surface area contributed by atoms with Crippen LogP contribution in [0.3, 0.4) is 0 Å². The molecule has 28 heavy (non-hydrogen) atoms. The Labute approximate surface area is 172 Å². The predicted molar refractivity (Wildman–Crippen MR) is 114 cm³/mol. The molecule has 0 atom stereocenters. The minimum atomic E-state index is -0.158. The van der Waals surface area contributed by atoms with Crippen molar-refractivity contribution in [3.8, 4) is 0 Å². The van der Waals surface area contributed by atoms with Crippen molar-refractivity contribution < 1.29 is 4.79 Å². The zero-order valence-corrected chi connectivity index (χ0v) is 18.2. The smallest absolute Gasteiger partial charge is 0.348 e. The minimum absolute atomic E-state index is 0.0680. The maximum atomic E-state index is 12.7. The summed E-state index contributed by atoms with van der Waals surface area (Å²) in [6, 6.07) is 0.327. The van der Waals surface area contributed by atoms with E-state index in [4.69, 9.17) is 0 Å². The summed E-state index contributed by atoms with van der Waals surface area (Å²) in [7, 11) is 4.10. The van der Waals surface area contributed by atoms with Crippen LogP contribution < -0.4 is 11.0 Å². The molecule has 0 aromatic carbocycles. The van der Waals surface area contributed by atoms with Gasteiger partial charge in [0.15, 0.2) is 0 Å². The molecule has 1 saturated carbocycles. The van der Waals surface area contributed by atoms with Gasteiger partial charge in [0.25, 0.3) is 0 Å². The molecule has 0 spiro atoms. The summed E-state index contributed by atoms with van der Waals surface area (Å²) >= 11 is 1.44. The number of hydrogen-bond acceptors (Lipinski definition) is 5. The van der Waals surface area contributed by atoms with Crippen LogP contribution in [0.5, 0.6) is 0 Å². The van der Waals surface area contributed by atoms with Gasteiger partial charge >= 0.3 is 5.69 Å². The van der Waals surface area contributed by atoms with Crippen LogP contribution in [0.4, 0.5) is 0 Å². The van der Waals surface area contributed by atoms with Crippen molar-refractivity contribution in [2.75, 3.05) is 26.4 Å². The molecular weight excluding hydrogens is 372 g/mol. The second kappa shape index (κ2) is 10.4. The Balaban J connectivity index is 1.66. The highest BCUT2D eigenvalue weighted by atomic mass is 32.2. The summed E-state index contributed by atoms with van der Waals surface area (Å²) in [4.78, 5) is 31.6. The van der Waals surface area contributed by atoms with Crippen LogP contribution in [0.2, 0.25) is 0 Å². The Hall–Kier alpha value is -1.34. The molecule has 7 heteroatoms. The molecule has 1 heterocycles. The Morgan fingerprint density at radius 1 is 1.18 bits per heavy atom. The van der Waals surface area contributed by atoms with Gasteiger partial charge in [-0.2, -0.15) is 4.98 Å². The molecule has 0 saturated heterocycles. The molecule has 0 radical (unpaired) electrons. The fourth-order valence-electron chi connectivity index (χ4n) is 4.29. The van der Waals surface area contributed by atoms with Crippen LogP contribution in [0.15, 0.2) is 9.82 Å². The maximum Gasteiger partial charge on any atom is 0.348 e. The maximum absolute atomic E-state index is 12.7. The van der Waals surface area contributed by atoms with Gasteiger partial charge in [0.2, 0.25) is 5.91 Å². The molecule has 6 nitrogen and oxygen atoms in total. The molecule has 1 amide bonds. The minimum Gasteiger partial charge on any atom is -0.353 e. The second-order valence-corrected chi connectivity index (χ2v) is 9.30. The first-order valence-electron chi connectivity index (χ1n) is 10.7. The molecule has 2 aliphatic rings. The van der Waals surface area contributed by atoms with Crippen LogP contribution in [-0.2, 0) is 24.2 Å². The Morgan fingerprint density at radius 2 is 1.93 bits per heavy atom. The number of carbonyl (C=O) groups excluding carboxylic acids is 1. The summed E-state index contributed by atoms with van der Waals surface area (Å²) in [6.45, 7) is 1.68. The van der Waals surface area contributed by atoms with E-state index in [0.717, 1.165) is 68.8 Å². The monoisotopic (exact) mass is 406 g/mol. The van der Waals surface area contributed by atoms with Crippen LogP contribution in [0, 0.1) is 0 Å². The van der Waals surface area contributed by atoms with Crippen molar-refractivity contribution in [3.63, 3.8) is 0 Å². The van der Waals surface area contributed by atoms with Crippen molar-refractivity contribution in [2.45, 2.75) is 81.8 Å². The third-order valence-electron chi connectivity index (χ3n) is 5.75. The Morgan fingerprint density at radius 3 is 2.68 bits per heavy atom. The zero-order valence-electron chi connectivity index (χ0n) is 17.3. The molecule has 0 aliphatic heterocycles. The fourth-order valence-corrected chi connectivity index (χ4v) is 5.18. The molecule has 0 unspecified atom stereocenters. The largest absolute Gasteiger partial charge is 0.353 e. The molecule has 1 aromatic rings. The van der Waals surface area contributed by atoms with E-state index in [1.165, 1.54) is 36.6 Å². The van der Waals surface area contributed by atoms with Crippen LogP contribution in [0.1, 0.15) is 62.6 Å². The summed E-state index contributed by atoms with van der Waals surface area (Å²) < 4.78 is 1.88. The van der Waals surface area contributed by atoms with Crippen molar-refractivity contribution >= 4 is 17.7 Å². The summed E-state index contributed by atoms with van der Waals surface area (Å²) in [5.74, 6) is 0.415. The second-order valence-electron chi connectivity index (χ2n) is 8.33. The fraction of sp³-hybridized carbons (Fsp3) is 0.762. The van der Waals surface area contributed by atoms with Gasteiger partial charge in [0.05, 0.1) is 5.75 Å². The van der Waals surface area contributed by atoms with Gasteiger partial charge in [-0.25, -0.2) is 4.79 Å². The summed E-state index contributed by atoms with van der Waals surface area (Å²) in [5, 5.41) is 3.94. The average molecular weight is 407 g/mol. The van der Waals surface area contributed by atoms with Crippen molar-refractivity contribution in [3.05, 3.63) is 21.7 Å². The number of nitrogens with one attached hydrogen (secondary N) is 1. The number of amides is 1. The lowest BCUT2D eigenvalue weighted by molar-refractivity contribution is -0.119. The molecule has 156 valence electrons. The van der Waals surface area contributed by atoms with Gasteiger partial charge in [-0.05, 0) is 65.6 Å². The summed E-state index contributed by atoms with van der Waals surface area (Å²) in [5.41, 5.74) is 2.20. The number of rotatable bonds is 8. The third kappa shape index (κ3) is 5.83. The standard InChI is InChI=1S/C21H34N4O2S/c1-24(2)13-8-14-25-18-12-7-6-11-17(18)20(23-21(25)27)28-15-19(26)22-16-9-4-3-5-10-16/h16H,3-15H2,1-2H3,(H,22,26). The first kappa shape index (κ1) is 21.4. The van der Waals surface area contributed by atoms with E-state index in [0.29, 0.717) is 11.8 Å². The highest BCUT2D eigenvalue weighted by molar-refractivity contribution is 7.99. The zero-order chi connectivity index (χ0) is 19.9. The van der Waals surface area contributed by atoms with Crippen LogP contribution in [0.25, 0.3) is 0 Å². The Bertz CT molecular complexity index is 726.